The average Bonchev–Trinajstić information content (AvgIpc) is 3.30. The molecular formula is C24H17N4O6-. The fourth-order valence-corrected chi connectivity index (χ4v) is 3.37. The van der Waals surface area contributed by atoms with E-state index in [1.165, 1.54) is 54.4 Å². The van der Waals surface area contributed by atoms with Gasteiger partial charge in [-0.3, -0.25) is 14.9 Å². The van der Waals surface area contributed by atoms with Gasteiger partial charge in [0.05, 0.1) is 29.3 Å². The van der Waals surface area contributed by atoms with E-state index < -0.39 is 16.8 Å². The second-order valence-electron chi connectivity index (χ2n) is 7.14. The number of rotatable bonds is 7. The maximum absolute atomic E-state index is 13.2. The van der Waals surface area contributed by atoms with E-state index in [0.717, 1.165) is 0 Å². The van der Waals surface area contributed by atoms with E-state index in [-0.39, 0.29) is 33.9 Å². The van der Waals surface area contributed by atoms with Gasteiger partial charge in [-0.05, 0) is 42.0 Å². The molecule has 10 nitrogen and oxygen atoms in total. The van der Waals surface area contributed by atoms with Crippen LogP contribution < -0.4 is 15.2 Å². The summed E-state index contributed by atoms with van der Waals surface area (Å²) in [5.41, 5.74) is 1.20. The van der Waals surface area contributed by atoms with E-state index in [0.29, 0.717) is 11.3 Å². The molecule has 3 aromatic carbocycles. The molecule has 170 valence electrons. The molecule has 0 aliphatic carbocycles. The summed E-state index contributed by atoms with van der Waals surface area (Å²) >= 11 is 0. The van der Waals surface area contributed by atoms with Gasteiger partial charge in [-0.25, -0.2) is 4.68 Å². The van der Waals surface area contributed by atoms with Gasteiger partial charge in [0, 0.05) is 23.5 Å². The van der Waals surface area contributed by atoms with Crippen molar-refractivity contribution in [3.8, 4) is 22.7 Å². The van der Waals surface area contributed by atoms with Crippen LogP contribution in [-0.4, -0.2) is 33.7 Å². The summed E-state index contributed by atoms with van der Waals surface area (Å²) in [4.78, 5) is 35.3. The molecule has 0 spiro atoms. The lowest BCUT2D eigenvalue weighted by Gasteiger charge is -2.08. The van der Waals surface area contributed by atoms with Gasteiger partial charge in [0.1, 0.15) is 5.69 Å². The zero-order chi connectivity index (χ0) is 24.2. The molecule has 0 aliphatic rings. The molecule has 4 aromatic rings. The fourth-order valence-electron chi connectivity index (χ4n) is 3.37. The topological polar surface area (TPSA) is 139 Å². The quantitative estimate of drug-likeness (QED) is 0.332. The number of aromatic nitrogens is 2. The lowest BCUT2D eigenvalue weighted by Crippen LogP contribution is -2.22. The molecule has 1 amide bonds. The first-order chi connectivity index (χ1) is 16.4. The van der Waals surface area contributed by atoms with Crippen molar-refractivity contribution in [1.82, 2.24) is 9.78 Å². The Kier molecular flexibility index (Phi) is 6.04. The van der Waals surface area contributed by atoms with Crippen molar-refractivity contribution in [1.29, 1.82) is 0 Å². The molecule has 0 unspecified atom stereocenters. The SMILES string of the molecule is COc1ccc(-c2nn(-c3ccccc3)cc2C(=O)Nc2cccc(C(=O)[O-])c2)cc1[N+](=O)[O-]. The number of nitrogens with one attached hydrogen (secondary N) is 1. The normalized spacial score (nSPS) is 10.5. The maximum Gasteiger partial charge on any atom is 0.311 e. The van der Waals surface area contributed by atoms with Crippen molar-refractivity contribution in [2.75, 3.05) is 12.4 Å². The number of methoxy groups -OCH3 is 1. The fraction of sp³-hybridized carbons (Fsp3) is 0.0417. The molecule has 0 saturated carbocycles. The lowest BCUT2D eigenvalue weighted by molar-refractivity contribution is -0.385. The smallest absolute Gasteiger partial charge is 0.311 e. The Morgan fingerprint density at radius 2 is 1.79 bits per heavy atom. The van der Waals surface area contributed by atoms with Crippen LogP contribution in [-0.2, 0) is 0 Å². The van der Waals surface area contributed by atoms with Crippen LogP contribution in [0.25, 0.3) is 16.9 Å². The Hall–Kier alpha value is -4.99. The van der Waals surface area contributed by atoms with Crippen LogP contribution in [0.5, 0.6) is 5.75 Å². The summed E-state index contributed by atoms with van der Waals surface area (Å²) in [6.07, 6.45) is 1.50. The second kappa shape index (κ2) is 9.25. The molecular weight excluding hydrogens is 440 g/mol. The minimum atomic E-state index is -1.38. The maximum atomic E-state index is 13.2. The number of nitro groups is 1. The summed E-state index contributed by atoms with van der Waals surface area (Å²) in [5, 5.41) is 29.8. The lowest BCUT2D eigenvalue weighted by atomic mass is 10.1. The van der Waals surface area contributed by atoms with Crippen LogP contribution in [0.4, 0.5) is 11.4 Å². The average molecular weight is 457 g/mol. The first-order valence-electron chi connectivity index (χ1n) is 9.98. The molecule has 0 atom stereocenters. The first kappa shape index (κ1) is 22.2. The third-order valence-electron chi connectivity index (χ3n) is 4.98. The zero-order valence-electron chi connectivity index (χ0n) is 17.8. The number of hydrogen-bond donors (Lipinski definition) is 1. The molecule has 0 bridgehead atoms. The highest BCUT2D eigenvalue weighted by Crippen LogP contribution is 2.33. The van der Waals surface area contributed by atoms with Crippen molar-refractivity contribution in [2.45, 2.75) is 0 Å². The minimum Gasteiger partial charge on any atom is -0.545 e. The number of aromatic carboxylic acids is 1. The van der Waals surface area contributed by atoms with Gasteiger partial charge in [0.15, 0.2) is 5.75 Å². The molecule has 4 rings (SSSR count). The number of ether oxygens (including phenoxy) is 1. The molecule has 0 radical (unpaired) electrons. The number of carboxylic acids is 1. The Labute approximate surface area is 193 Å². The summed E-state index contributed by atoms with van der Waals surface area (Å²) in [6, 6.07) is 18.9. The van der Waals surface area contributed by atoms with Crippen LogP contribution in [0.15, 0.2) is 79.0 Å². The third kappa shape index (κ3) is 4.46. The van der Waals surface area contributed by atoms with E-state index in [4.69, 9.17) is 4.74 Å². The Bertz CT molecular complexity index is 1400. The van der Waals surface area contributed by atoms with Gasteiger partial charge in [-0.2, -0.15) is 5.10 Å². The zero-order valence-corrected chi connectivity index (χ0v) is 17.8. The van der Waals surface area contributed by atoms with E-state index in [1.54, 1.807) is 30.3 Å². The Morgan fingerprint density at radius 3 is 2.47 bits per heavy atom. The standard InChI is InChI=1S/C24H18N4O6/c1-34-21-11-10-15(13-20(21)28(32)33)22-19(14-27(26-22)18-8-3-2-4-9-18)23(29)25-17-7-5-6-16(12-17)24(30)31/h2-14H,1H3,(H,25,29)(H,30,31)/p-1. The third-order valence-corrected chi connectivity index (χ3v) is 4.98. The Balaban J connectivity index is 1.80. The van der Waals surface area contributed by atoms with E-state index in [9.17, 15) is 24.8 Å². The summed E-state index contributed by atoms with van der Waals surface area (Å²) < 4.78 is 6.54. The minimum absolute atomic E-state index is 0.0707. The van der Waals surface area contributed by atoms with Crippen molar-refractivity contribution in [3.63, 3.8) is 0 Å². The summed E-state index contributed by atoms with van der Waals surface area (Å²) in [7, 11) is 1.33. The van der Waals surface area contributed by atoms with Crippen molar-refractivity contribution < 1.29 is 24.4 Å². The predicted molar refractivity (Wildman–Crippen MR) is 121 cm³/mol. The van der Waals surface area contributed by atoms with Crippen molar-refractivity contribution in [3.05, 3.63) is 100 Å². The van der Waals surface area contributed by atoms with E-state index in [2.05, 4.69) is 10.4 Å². The first-order valence-corrected chi connectivity index (χ1v) is 9.98. The highest BCUT2D eigenvalue weighted by Gasteiger charge is 2.23. The van der Waals surface area contributed by atoms with E-state index >= 15 is 0 Å². The van der Waals surface area contributed by atoms with Gasteiger partial charge in [-0.1, -0.05) is 30.3 Å². The number of para-hydroxylation sites is 1. The molecule has 1 N–H and O–H groups in total. The number of nitro benzene ring substituents is 1. The number of hydrogen-bond acceptors (Lipinski definition) is 7. The van der Waals surface area contributed by atoms with Gasteiger partial charge in [0.2, 0.25) is 0 Å². The van der Waals surface area contributed by atoms with Gasteiger partial charge in [0.25, 0.3) is 5.91 Å². The summed E-state index contributed by atoms with van der Waals surface area (Å²) in [6.45, 7) is 0. The van der Waals surface area contributed by atoms with Gasteiger partial charge in [-0.15, -0.1) is 0 Å². The number of benzene rings is 3. The number of carbonyl (C=O) groups excluding carboxylic acids is 2. The molecule has 1 heterocycles. The van der Waals surface area contributed by atoms with Crippen LogP contribution >= 0.6 is 0 Å². The van der Waals surface area contributed by atoms with Crippen molar-refractivity contribution >= 4 is 23.3 Å². The van der Waals surface area contributed by atoms with Gasteiger partial charge < -0.3 is 20.0 Å². The van der Waals surface area contributed by atoms with Crippen molar-refractivity contribution in [2.24, 2.45) is 0 Å². The molecule has 10 heteroatoms. The molecule has 34 heavy (non-hydrogen) atoms. The van der Waals surface area contributed by atoms with E-state index in [1.807, 2.05) is 6.07 Å². The van der Waals surface area contributed by atoms with Crippen LogP contribution in [0.2, 0.25) is 0 Å². The van der Waals surface area contributed by atoms with Gasteiger partial charge >= 0.3 is 5.69 Å². The largest absolute Gasteiger partial charge is 0.545 e. The monoisotopic (exact) mass is 457 g/mol. The molecule has 0 fully saturated rings. The molecule has 0 saturated heterocycles. The highest BCUT2D eigenvalue weighted by atomic mass is 16.6. The highest BCUT2D eigenvalue weighted by molar-refractivity contribution is 6.08. The number of anilines is 1. The second-order valence-corrected chi connectivity index (χ2v) is 7.14. The molecule has 0 aliphatic heterocycles. The van der Waals surface area contributed by atoms with Crippen LogP contribution in [0.1, 0.15) is 20.7 Å². The number of nitrogens with zero attached hydrogens (tertiary/aromatic N) is 3. The number of carbonyl (C=O) groups is 2. The van der Waals surface area contributed by atoms with Crippen LogP contribution in [0.3, 0.4) is 0 Å². The number of carboxylic acid groups (broad SMARTS) is 1. The summed E-state index contributed by atoms with van der Waals surface area (Å²) in [5.74, 6) is -1.88. The molecule has 1 aromatic heterocycles. The number of amides is 1. The predicted octanol–water partition coefficient (Wildman–Crippen LogP) is 3.07. The van der Waals surface area contributed by atoms with Crippen LogP contribution in [0, 0.1) is 10.1 Å². The Morgan fingerprint density at radius 1 is 1.03 bits per heavy atom.